The van der Waals surface area contributed by atoms with Gasteiger partial charge in [0.25, 0.3) is 0 Å². The summed E-state index contributed by atoms with van der Waals surface area (Å²) in [5.41, 5.74) is 10.2. The highest BCUT2D eigenvalue weighted by atomic mass is 79.9. The topological polar surface area (TPSA) is 53.1 Å². The number of amidine groups is 1. The molecule has 0 aromatic heterocycles. The van der Waals surface area contributed by atoms with Crippen molar-refractivity contribution in [3.8, 4) is 0 Å². The summed E-state index contributed by atoms with van der Waals surface area (Å²) in [7, 11) is 0. The SMILES string of the molecule is N=C(N)c1ccc(Br)cc1N1CCCCc2ccccc21. The van der Waals surface area contributed by atoms with Gasteiger partial charge in [0.05, 0.1) is 5.69 Å². The van der Waals surface area contributed by atoms with Crippen molar-refractivity contribution in [2.45, 2.75) is 19.3 Å². The molecule has 0 bridgehead atoms. The molecule has 21 heavy (non-hydrogen) atoms. The van der Waals surface area contributed by atoms with Crippen LogP contribution in [0.4, 0.5) is 11.4 Å². The normalized spacial score (nSPS) is 14.4. The molecule has 0 saturated carbocycles. The maximum Gasteiger partial charge on any atom is 0.124 e. The largest absolute Gasteiger partial charge is 0.384 e. The third kappa shape index (κ3) is 2.81. The van der Waals surface area contributed by atoms with Crippen LogP contribution < -0.4 is 10.6 Å². The van der Waals surface area contributed by atoms with E-state index in [9.17, 15) is 0 Å². The highest BCUT2D eigenvalue weighted by Crippen LogP contribution is 2.35. The lowest BCUT2D eigenvalue weighted by molar-refractivity contribution is 0.761. The summed E-state index contributed by atoms with van der Waals surface area (Å²) >= 11 is 3.53. The summed E-state index contributed by atoms with van der Waals surface area (Å²) in [6, 6.07) is 14.4. The van der Waals surface area contributed by atoms with Gasteiger partial charge in [-0.1, -0.05) is 34.1 Å². The quantitative estimate of drug-likeness (QED) is 0.633. The van der Waals surface area contributed by atoms with E-state index < -0.39 is 0 Å². The Morgan fingerprint density at radius 1 is 1.10 bits per heavy atom. The van der Waals surface area contributed by atoms with E-state index in [4.69, 9.17) is 11.1 Å². The molecule has 108 valence electrons. The molecule has 1 aliphatic heterocycles. The minimum atomic E-state index is 0.110. The summed E-state index contributed by atoms with van der Waals surface area (Å²) in [4.78, 5) is 2.30. The van der Waals surface area contributed by atoms with Gasteiger partial charge in [-0.25, -0.2) is 0 Å². The molecule has 0 atom stereocenters. The van der Waals surface area contributed by atoms with Crippen molar-refractivity contribution in [2.75, 3.05) is 11.4 Å². The number of nitrogens with zero attached hydrogens (tertiary/aromatic N) is 1. The predicted octanol–water partition coefficient (Wildman–Crippen LogP) is 4.21. The molecular formula is C17H18BrN3. The van der Waals surface area contributed by atoms with Gasteiger partial charge < -0.3 is 10.6 Å². The number of halogens is 1. The zero-order chi connectivity index (χ0) is 14.8. The average Bonchev–Trinajstić information content (AvgIpc) is 2.69. The van der Waals surface area contributed by atoms with E-state index >= 15 is 0 Å². The number of anilines is 2. The number of nitrogens with one attached hydrogen (secondary N) is 1. The Hall–Kier alpha value is -1.81. The molecule has 0 fully saturated rings. The second kappa shape index (κ2) is 5.90. The number of hydrogen-bond donors (Lipinski definition) is 2. The smallest absolute Gasteiger partial charge is 0.124 e. The van der Waals surface area contributed by atoms with Gasteiger partial charge in [-0.15, -0.1) is 0 Å². The van der Waals surface area contributed by atoms with Gasteiger partial charge in [-0.05, 0) is 49.1 Å². The lowest BCUT2D eigenvalue weighted by Crippen LogP contribution is -2.23. The molecule has 0 saturated heterocycles. The molecule has 2 aromatic carbocycles. The molecule has 0 spiro atoms. The molecule has 1 heterocycles. The van der Waals surface area contributed by atoms with E-state index in [1.807, 2.05) is 12.1 Å². The van der Waals surface area contributed by atoms with Crippen molar-refractivity contribution in [3.05, 3.63) is 58.1 Å². The maximum absolute atomic E-state index is 7.84. The molecule has 3 N–H and O–H groups in total. The van der Waals surface area contributed by atoms with Gasteiger partial charge in [-0.3, -0.25) is 5.41 Å². The molecule has 0 amide bonds. The van der Waals surface area contributed by atoms with Crippen molar-refractivity contribution in [1.29, 1.82) is 5.41 Å². The van der Waals surface area contributed by atoms with Gasteiger partial charge in [0.2, 0.25) is 0 Å². The van der Waals surface area contributed by atoms with Crippen LogP contribution in [0.5, 0.6) is 0 Å². The Labute approximate surface area is 133 Å². The average molecular weight is 344 g/mol. The zero-order valence-corrected chi connectivity index (χ0v) is 13.4. The Balaban J connectivity index is 2.16. The van der Waals surface area contributed by atoms with Gasteiger partial charge in [0, 0.05) is 22.3 Å². The number of nitrogens with two attached hydrogens (primary N) is 1. The van der Waals surface area contributed by atoms with Crippen LogP contribution in [0.25, 0.3) is 0 Å². The zero-order valence-electron chi connectivity index (χ0n) is 11.8. The summed E-state index contributed by atoms with van der Waals surface area (Å²) in [6.07, 6.45) is 3.44. The monoisotopic (exact) mass is 343 g/mol. The first-order valence-electron chi connectivity index (χ1n) is 7.16. The van der Waals surface area contributed by atoms with Crippen molar-refractivity contribution in [1.82, 2.24) is 0 Å². The molecule has 0 radical (unpaired) electrons. The number of nitrogen functional groups attached to an aromatic ring is 1. The fraction of sp³-hybridized carbons (Fsp3) is 0.235. The van der Waals surface area contributed by atoms with Crippen LogP contribution >= 0.6 is 15.9 Å². The van der Waals surface area contributed by atoms with Gasteiger partial charge in [-0.2, -0.15) is 0 Å². The first-order chi connectivity index (χ1) is 10.2. The molecule has 3 rings (SSSR count). The lowest BCUT2D eigenvalue weighted by atomic mass is 10.1. The molecule has 2 aromatic rings. The number of para-hydroxylation sites is 1. The Bertz CT molecular complexity index is 681. The highest BCUT2D eigenvalue weighted by Gasteiger charge is 2.19. The Morgan fingerprint density at radius 2 is 1.90 bits per heavy atom. The van der Waals surface area contributed by atoms with Crippen molar-refractivity contribution in [2.24, 2.45) is 5.73 Å². The molecular weight excluding hydrogens is 326 g/mol. The summed E-state index contributed by atoms with van der Waals surface area (Å²) in [5.74, 6) is 0.110. The first-order valence-corrected chi connectivity index (χ1v) is 7.95. The maximum atomic E-state index is 7.84. The number of rotatable bonds is 2. The fourth-order valence-corrected chi connectivity index (χ4v) is 3.25. The third-order valence-corrected chi connectivity index (χ3v) is 4.39. The fourth-order valence-electron chi connectivity index (χ4n) is 2.90. The van der Waals surface area contributed by atoms with E-state index in [-0.39, 0.29) is 5.84 Å². The first kappa shape index (κ1) is 14.1. The number of fused-ring (bicyclic) bond motifs is 1. The highest BCUT2D eigenvalue weighted by molar-refractivity contribution is 9.10. The minimum absolute atomic E-state index is 0.110. The van der Waals surface area contributed by atoms with Gasteiger partial charge in [0.1, 0.15) is 5.84 Å². The van der Waals surface area contributed by atoms with E-state index in [2.05, 4.69) is 51.2 Å². The van der Waals surface area contributed by atoms with Crippen LogP contribution in [-0.4, -0.2) is 12.4 Å². The summed E-state index contributed by atoms with van der Waals surface area (Å²) in [5, 5.41) is 7.84. The second-order valence-electron chi connectivity index (χ2n) is 5.31. The van der Waals surface area contributed by atoms with E-state index in [1.165, 1.54) is 17.7 Å². The Morgan fingerprint density at radius 3 is 2.71 bits per heavy atom. The van der Waals surface area contributed by atoms with E-state index in [1.54, 1.807) is 0 Å². The summed E-state index contributed by atoms with van der Waals surface area (Å²) < 4.78 is 1.00. The van der Waals surface area contributed by atoms with Gasteiger partial charge >= 0.3 is 0 Å². The van der Waals surface area contributed by atoms with Crippen LogP contribution in [0.3, 0.4) is 0 Å². The van der Waals surface area contributed by atoms with Crippen LogP contribution in [0, 0.1) is 5.41 Å². The van der Waals surface area contributed by atoms with Crippen molar-refractivity contribution in [3.63, 3.8) is 0 Å². The number of hydrogen-bond acceptors (Lipinski definition) is 2. The van der Waals surface area contributed by atoms with Crippen molar-refractivity contribution >= 4 is 33.1 Å². The number of benzene rings is 2. The van der Waals surface area contributed by atoms with Gasteiger partial charge in [0.15, 0.2) is 0 Å². The van der Waals surface area contributed by atoms with E-state index in [0.29, 0.717) is 0 Å². The molecule has 1 aliphatic rings. The van der Waals surface area contributed by atoms with Crippen LogP contribution in [0.15, 0.2) is 46.9 Å². The van der Waals surface area contributed by atoms with E-state index in [0.717, 1.165) is 35.1 Å². The van der Waals surface area contributed by atoms with Crippen molar-refractivity contribution < 1.29 is 0 Å². The minimum Gasteiger partial charge on any atom is -0.384 e. The number of aryl methyl sites for hydroxylation is 1. The Kier molecular flexibility index (Phi) is 3.97. The third-order valence-electron chi connectivity index (χ3n) is 3.90. The predicted molar refractivity (Wildman–Crippen MR) is 91.5 cm³/mol. The van der Waals surface area contributed by atoms with Crippen LogP contribution in [-0.2, 0) is 6.42 Å². The molecule has 0 unspecified atom stereocenters. The standard InChI is InChI=1S/C17H18BrN3/c18-13-8-9-14(17(19)20)16(11-13)21-10-4-3-6-12-5-1-2-7-15(12)21/h1-2,5,7-9,11H,3-4,6,10H2,(H3,19,20). The second-order valence-corrected chi connectivity index (χ2v) is 6.23. The molecule has 0 aliphatic carbocycles. The summed E-state index contributed by atoms with van der Waals surface area (Å²) in [6.45, 7) is 0.952. The lowest BCUT2D eigenvalue weighted by Gasteiger charge is -2.27. The van der Waals surface area contributed by atoms with Crippen LogP contribution in [0.1, 0.15) is 24.0 Å². The molecule has 3 nitrogen and oxygen atoms in total. The van der Waals surface area contributed by atoms with Crippen LogP contribution in [0.2, 0.25) is 0 Å². The molecule has 4 heteroatoms.